The van der Waals surface area contributed by atoms with Gasteiger partial charge in [-0.15, -0.1) is 0 Å². The number of hydrogen-bond acceptors (Lipinski definition) is 8. The average Bonchev–Trinajstić information content (AvgIpc) is 3.92. The summed E-state index contributed by atoms with van der Waals surface area (Å²) in [5.74, 6) is -3.47. The van der Waals surface area contributed by atoms with Crippen molar-refractivity contribution in [1.29, 1.82) is 0 Å². The third-order valence-electron chi connectivity index (χ3n) is 13.1. The van der Waals surface area contributed by atoms with E-state index < -0.39 is 73.1 Å². The second-order valence-electron chi connectivity index (χ2n) is 18.6. The fourth-order valence-electron chi connectivity index (χ4n) is 9.37. The van der Waals surface area contributed by atoms with Crippen LogP contribution in [0.15, 0.2) is 0 Å². The minimum Gasteiger partial charge on any atom is -0.381 e. The van der Waals surface area contributed by atoms with Crippen LogP contribution in [0, 0.1) is 34.5 Å². The fourth-order valence-corrected chi connectivity index (χ4v) is 11.6. The zero-order valence-electron chi connectivity index (χ0n) is 32.5. The van der Waals surface area contributed by atoms with Gasteiger partial charge in [0.1, 0.15) is 0 Å². The van der Waals surface area contributed by atoms with E-state index in [9.17, 15) is 32.4 Å². The quantitative estimate of drug-likeness (QED) is 0.178. The highest BCUT2D eigenvalue weighted by molar-refractivity contribution is 7.92. The van der Waals surface area contributed by atoms with Gasteiger partial charge in [-0.25, -0.2) is 13.2 Å². The van der Waals surface area contributed by atoms with Crippen LogP contribution in [0.2, 0.25) is 0 Å². The van der Waals surface area contributed by atoms with Gasteiger partial charge in [-0.3, -0.25) is 19.2 Å². The smallest absolute Gasteiger partial charge is 0.315 e. The van der Waals surface area contributed by atoms with Gasteiger partial charge in [0.2, 0.25) is 11.7 Å². The molecule has 13 heteroatoms. The van der Waals surface area contributed by atoms with Crippen LogP contribution in [0.25, 0.3) is 0 Å². The third kappa shape index (κ3) is 8.71. The first-order valence-electron chi connectivity index (χ1n) is 19.8. The van der Waals surface area contributed by atoms with E-state index in [4.69, 9.17) is 4.74 Å². The van der Waals surface area contributed by atoms with E-state index in [1.165, 1.54) is 0 Å². The van der Waals surface area contributed by atoms with Crippen molar-refractivity contribution in [2.45, 2.75) is 160 Å². The highest BCUT2D eigenvalue weighted by atomic mass is 32.2. The summed E-state index contributed by atoms with van der Waals surface area (Å²) in [6.45, 7) is 14.3. The van der Waals surface area contributed by atoms with Crippen molar-refractivity contribution in [3.8, 4) is 0 Å². The molecule has 294 valence electrons. The zero-order valence-corrected chi connectivity index (χ0v) is 33.3. The van der Waals surface area contributed by atoms with Crippen molar-refractivity contribution in [3.05, 3.63) is 0 Å². The Balaban J connectivity index is 1.33. The molecule has 1 aliphatic heterocycles. The number of Topliss-reactive ketones (excluding diaryl/α,β-unsaturated/α-hetero) is 2. The summed E-state index contributed by atoms with van der Waals surface area (Å²) in [5.41, 5.74) is -1.84. The minimum absolute atomic E-state index is 0.00975. The number of rotatable bonds is 15. The van der Waals surface area contributed by atoms with Crippen molar-refractivity contribution in [2.75, 3.05) is 19.0 Å². The maximum Gasteiger partial charge on any atom is 0.315 e. The van der Waals surface area contributed by atoms with Gasteiger partial charge >= 0.3 is 6.03 Å². The molecule has 0 bridgehead atoms. The van der Waals surface area contributed by atoms with E-state index >= 15 is 0 Å². The lowest BCUT2D eigenvalue weighted by Gasteiger charge is -2.42. The van der Waals surface area contributed by atoms with Gasteiger partial charge in [0.15, 0.2) is 15.6 Å². The van der Waals surface area contributed by atoms with Gasteiger partial charge in [0.05, 0.1) is 34.0 Å². The molecule has 2 unspecified atom stereocenters. The number of unbranched alkanes of at least 4 members (excludes halogenated alkanes) is 1. The predicted molar refractivity (Wildman–Crippen MR) is 198 cm³/mol. The largest absolute Gasteiger partial charge is 0.381 e. The molecule has 12 nitrogen and oxygen atoms in total. The number of hydrogen-bond donors (Lipinski definition) is 4. The van der Waals surface area contributed by atoms with E-state index in [-0.39, 0.29) is 34.8 Å². The lowest BCUT2D eigenvalue weighted by Crippen LogP contribution is -2.62. The summed E-state index contributed by atoms with van der Waals surface area (Å²) in [7, 11) is -3.62. The molecule has 5 aliphatic rings. The molecule has 0 aromatic heterocycles. The first-order chi connectivity index (χ1) is 24.3. The molecule has 4 aliphatic carbocycles. The lowest BCUT2D eigenvalue weighted by molar-refractivity contribution is -0.142. The summed E-state index contributed by atoms with van der Waals surface area (Å²) in [4.78, 5) is 68.8. The number of carbonyl (C=O) groups is 5. The number of urea groups is 1. The van der Waals surface area contributed by atoms with Crippen LogP contribution in [0.3, 0.4) is 0 Å². The van der Waals surface area contributed by atoms with Crippen molar-refractivity contribution in [1.82, 2.24) is 21.3 Å². The average molecular weight is 749 g/mol. The number of carbonyl (C=O) groups excluding carboxylic acids is 5. The second-order valence-corrected chi connectivity index (χ2v) is 21.1. The highest BCUT2D eigenvalue weighted by Gasteiger charge is 2.70. The Morgan fingerprint density at radius 3 is 2.12 bits per heavy atom. The number of nitrogens with one attached hydrogen (secondary N) is 4. The summed E-state index contributed by atoms with van der Waals surface area (Å²) in [5, 5.41) is 11.7. The summed E-state index contributed by atoms with van der Waals surface area (Å²) >= 11 is 0. The van der Waals surface area contributed by atoms with E-state index in [0.717, 1.165) is 38.5 Å². The van der Waals surface area contributed by atoms with Crippen molar-refractivity contribution < 1.29 is 37.1 Å². The van der Waals surface area contributed by atoms with Crippen LogP contribution in [0.1, 0.15) is 132 Å². The summed E-state index contributed by atoms with van der Waals surface area (Å²) in [6, 6.07) is -2.51. The molecule has 4 saturated carbocycles. The standard InChI is InChI=1S/C39H64N4O8S/c1-8-9-13-27(31(45)34(47)40-24-14-15-24)41-33(46)28-25(22-26-29(28)37(26,5)6)30(44)32(36(2,3)4)42-35(48)43-39(16-11-10-12-17-39)23-52(49,50)38(7)18-20-51-21-19-38/h24-29,32H,8-23H2,1-7H3,(H,40,47)(H,41,46)(H2,42,43,48)/t25?,26?,27-,28-,29-,32+/m0/s1. The molecule has 0 spiro atoms. The van der Waals surface area contributed by atoms with Gasteiger partial charge in [-0.1, -0.05) is 73.6 Å². The SMILES string of the molecule is CCCC[C@H](NC(=O)[C@H]1C(C(=O)[C@@H](NC(=O)NC2(CS(=O)(=O)C3(C)CCOCC3)CCCCC2)C(C)(C)C)CC2[C@@H]1C2(C)C)C(=O)C(=O)NC1CC1. The lowest BCUT2D eigenvalue weighted by atomic mass is 9.74. The maximum atomic E-state index is 14.6. The Hall–Kier alpha value is -2.54. The Labute approximate surface area is 310 Å². The van der Waals surface area contributed by atoms with Crippen LogP contribution in [0.4, 0.5) is 4.79 Å². The molecular formula is C39H64N4O8S. The number of fused-ring (bicyclic) bond motifs is 1. The predicted octanol–water partition coefficient (Wildman–Crippen LogP) is 4.39. The normalized spacial score (nSPS) is 28.8. The Bertz CT molecular complexity index is 1490. The molecule has 4 N–H and O–H groups in total. The first kappa shape index (κ1) is 40.6. The van der Waals surface area contributed by atoms with E-state index in [2.05, 4.69) is 35.1 Å². The van der Waals surface area contributed by atoms with E-state index in [1.807, 2.05) is 27.7 Å². The molecule has 52 heavy (non-hydrogen) atoms. The molecular weight excluding hydrogens is 685 g/mol. The van der Waals surface area contributed by atoms with Gasteiger partial charge in [-0.2, -0.15) is 0 Å². The number of amides is 4. The third-order valence-corrected chi connectivity index (χ3v) is 16.0. The van der Waals surface area contributed by atoms with E-state index in [1.54, 1.807) is 6.92 Å². The minimum atomic E-state index is -3.62. The Morgan fingerprint density at radius 2 is 1.54 bits per heavy atom. The van der Waals surface area contributed by atoms with Gasteiger partial charge < -0.3 is 26.0 Å². The number of ether oxygens (including phenoxy) is 1. The molecule has 6 atom stereocenters. The van der Waals surface area contributed by atoms with Crippen LogP contribution in [-0.2, 0) is 33.8 Å². The molecule has 0 aromatic rings. The second kappa shape index (κ2) is 15.3. The van der Waals surface area contributed by atoms with E-state index in [0.29, 0.717) is 58.2 Å². The monoisotopic (exact) mass is 748 g/mol. The Kier molecular flexibility index (Phi) is 12.0. The number of ketones is 2. The van der Waals surface area contributed by atoms with Crippen molar-refractivity contribution >= 4 is 39.2 Å². The van der Waals surface area contributed by atoms with Gasteiger partial charge in [0, 0.05) is 25.2 Å². The molecule has 1 saturated heterocycles. The molecule has 5 fully saturated rings. The molecule has 5 rings (SSSR count). The van der Waals surface area contributed by atoms with Crippen LogP contribution < -0.4 is 21.3 Å². The van der Waals surface area contributed by atoms with Gasteiger partial charge in [-0.05, 0) is 81.0 Å². The maximum absolute atomic E-state index is 14.6. The van der Waals surface area contributed by atoms with Gasteiger partial charge in [0.25, 0.3) is 5.91 Å². The van der Waals surface area contributed by atoms with Crippen LogP contribution in [-0.4, -0.2) is 85.2 Å². The first-order valence-corrected chi connectivity index (χ1v) is 21.5. The number of sulfone groups is 1. The molecule has 0 aromatic carbocycles. The molecule has 1 heterocycles. The summed E-state index contributed by atoms with van der Waals surface area (Å²) < 4.78 is 32.4. The van der Waals surface area contributed by atoms with Crippen LogP contribution >= 0.6 is 0 Å². The fraction of sp³-hybridized carbons (Fsp3) is 0.872. The summed E-state index contributed by atoms with van der Waals surface area (Å²) in [6.07, 6.45) is 8.36. The zero-order chi connectivity index (χ0) is 38.3. The van der Waals surface area contributed by atoms with Crippen LogP contribution in [0.5, 0.6) is 0 Å². The molecule has 4 amide bonds. The molecule has 0 radical (unpaired) electrons. The topological polar surface area (TPSA) is 177 Å². The Morgan fingerprint density at radius 1 is 0.904 bits per heavy atom. The van der Waals surface area contributed by atoms with Crippen molar-refractivity contribution in [3.63, 3.8) is 0 Å². The van der Waals surface area contributed by atoms with Crippen molar-refractivity contribution in [2.24, 2.45) is 34.5 Å². The highest BCUT2D eigenvalue weighted by Crippen LogP contribution is 2.71.